The van der Waals surface area contributed by atoms with Gasteiger partial charge in [0, 0.05) is 31.8 Å². The molecule has 6 nitrogen and oxygen atoms in total. The van der Waals surface area contributed by atoms with E-state index in [1.165, 1.54) is 0 Å². The summed E-state index contributed by atoms with van der Waals surface area (Å²) in [6, 6.07) is 7.45. The van der Waals surface area contributed by atoms with E-state index in [0.717, 1.165) is 30.9 Å². The van der Waals surface area contributed by atoms with Gasteiger partial charge in [-0.05, 0) is 30.5 Å². The summed E-state index contributed by atoms with van der Waals surface area (Å²) in [5, 5.41) is 15.0. The number of aromatic nitrogens is 1. The summed E-state index contributed by atoms with van der Waals surface area (Å²) in [7, 11) is 3.23. The van der Waals surface area contributed by atoms with Gasteiger partial charge in [0.2, 0.25) is 0 Å². The summed E-state index contributed by atoms with van der Waals surface area (Å²) in [6.07, 6.45) is 2.89. The van der Waals surface area contributed by atoms with E-state index in [0.29, 0.717) is 24.3 Å². The highest BCUT2D eigenvalue weighted by Crippen LogP contribution is 2.37. The van der Waals surface area contributed by atoms with Crippen LogP contribution < -0.4 is 9.47 Å². The average molecular weight is 318 g/mol. The molecule has 0 amide bonds. The van der Waals surface area contributed by atoms with E-state index in [4.69, 9.17) is 14.0 Å². The van der Waals surface area contributed by atoms with Crippen LogP contribution in [-0.4, -0.2) is 42.5 Å². The minimum absolute atomic E-state index is 0.654. The molecule has 1 aromatic carbocycles. The summed E-state index contributed by atoms with van der Waals surface area (Å²) >= 11 is 0. The first-order chi connectivity index (χ1) is 11.1. The highest BCUT2D eigenvalue weighted by molar-refractivity contribution is 5.41. The number of aliphatic hydroxyl groups is 1. The van der Waals surface area contributed by atoms with Crippen molar-refractivity contribution in [2.45, 2.75) is 25.0 Å². The zero-order valence-corrected chi connectivity index (χ0v) is 13.5. The zero-order valence-electron chi connectivity index (χ0n) is 13.5. The molecular formula is C17H22N2O4. The topological polar surface area (TPSA) is 68.0 Å². The van der Waals surface area contributed by atoms with E-state index in [1.807, 2.05) is 24.3 Å². The quantitative estimate of drug-likeness (QED) is 0.911. The molecule has 0 bridgehead atoms. The molecule has 1 aliphatic rings. The van der Waals surface area contributed by atoms with E-state index >= 15 is 0 Å². The fourth-order valence-electron chi connectivity index (χ4n) is 2.99. The van der Waals surface area contributed by atoms with Gasteiger partial charge in [0.05, 0.1) is 25.5 Å². The van der Waals surface area contributed by atoms with E-state index in [1.54, 1.807) is 20.5 Å². The van der Waals surface area contributed by atoms with E-state index < -0.39 is 5.60 Å². The Bertz CT molecular complexity index is 612. The van der Waals surface area contributed by atoms with Crippen molar-refractivity contribution in [1.82, 2.24) is 10.1 Å². The molecule has 0 spiro atoms. The van der Waals surface area contributed by atoms with Crippen LogP contribution in [0.1, 0.15) is 24.1 Å². The molecule has 0 atom stereocenters. The van der Waals surface area contributed by atoms with Crippen LogP contribution in [0.5, 0.6) is 11.5 Å². The van der Waals surface area contributed by atoms with Gasteiger partial charge in [-0.2, -0.15) is 0 Å². The molecule has 1 fully saturated rings. The lowest BCUT2D eigenvalue weighted by atomic mass is 9.84. The number of rotatable bonds is 5. The van der Waals surface area contributed by atoms with E-state index in [2.05, 4.69) is 10.1 Å². The van der Waals surface area contributed by atoms with Crippen LogP contribution in [0.3, 0.4) is 0 Å². The second kappa shape index (κ2) is 6.60. The Morgan fingerprint density at radius 3 is 2.35 bits per heavy atom. The van der Waals surface area contributed by atoms with Crippen LogP contribution in [0.4, 0.5) is 0 Å². The van der Waals surface area contributed by atoms with Crippen molar-refractivity contribution in [2.75, 3.05) is 27.3 Å². The molecule has 3 rings (SSSR count). The van der Waals surface area contributed by atoms with Crippen LogP contribution in [-0.2, 0) is 12.1 Å². The molecule has 1 saturated heterocycles. The lowest BCUT2D eigenvalue weighted by Crippen LogP contribution is -2.42. The first-order valence-electron chi connectivity index (χ1n) is 7.70. The average Bonchev–Trinajstić information content (AvgIpc) is 3.09. The predicted molar refractivity (Wildman–Crippen MR) is 84.5 cm³/mol. The third-order valence-electron chi connectivity index (χ3n) is 4.45. The standard InChI is InChI=1S/C17H22N2O4/c1-21-15-9-13(10-16(11-15)22-2)17(20)4-6-19(7-5-17)12-14-3-8-23-18-14/h3,8-11,20H,4-7,12H2,1-2H3. The summed E-state index contributed by atoms with van der Waals surface area (Å²) < 4.78 is 15.5. The Morgan fingerprint density at radius 2 is 1.83 bits per heavy atom. The third-order valence-corrected chi connectivity index (χ3v) is 4.45. The monoisotopic (exact) mass is 318 g/mol. The van der Waals surface area contributed by atoms with Gasteiger partial charge in [-0.1, -0.05) is 5.16 Å². The van der Waals surface area contributed by atoms with Crippen molar-refractivity contribution in [3.8, 4) is 11.5 Å². The maximum atomic E-state index is 11.1. The van der Waals surface area contributed by atoms with Gasteiger partial charge in [-0.25, -0.2) is 0 Å². The predicted octanol–water partition coefficient (Wildman–Crippen LogP) is 2.18. The Balaban J connectivity index is 1.71. The van der Waals surface area contributed by atoms with Crippen LogP contribution >= 0.6 is 0 Å². The van der Waals surface area contributed by atoms with Crippen LogP contribution in [0.15, 0.2) is 35.1 Å². The maximum absolute atomic E-state index is 11.1. The highest BCUT2D eigenvalue weighted by atomic mass is 16.5. The van der Waals surface area contributed by atoms with Gasteiger partial charge in [0.1, 0.15) is 17.8 Å². The number of hydrogen-bond donors (Lipinski definition) is 1. The fraction of sp³-hybridized carbons (Fsp3) is 0.471. The number of nitrogens with zero attached hydrogens (tertiary/aromatic N) is 2. The molecular weight excluding hydrogens is 296 g/mol. The summed E-state index contributed by atoms with van der Waals surface area (Å²) in [6.45, 7) is 2.33. The summed E-state index contributed by atoms with van der Waals surface area (Å²) in [4.78, 5) is 2.27. The summed E-state index contributed by atoms with van der Waals surface area (Å²) in [5.74, 6) is 1.38. The SMILES string of the molecule is COc1cc(OC)cc(C2(O)CCN(Cc3ccon3)CC2)c1. The van der Waals surface area contributed by atoms with Gasteiger partial charge >= 0.3 is 0 Å². The molecule has 0 aliphatic carbocycles. The molecule has 1 N–H and O–H groups in total. The summed E-state index contributed by atoms with van der Waals surface area (Å²) in [5.41, 5.74) is 0.899. The lowest BCUT2D eigenvalue weighted by molar-refractivity contribution is -0.0283. The lowest BCUT2D eigenvalue weighted by Gasteiger charge is -2.38. The van der Waals surface area contributed by atoms with Crippen molar-refractivity contribution >= 4 is 0 Å². The minimum atomic E-state index is -0.859. The Hall–Kier alpha value is -2.05. The molecule has 2 heterocycles. The van der Waals surface area contributed by atoms with E-state index in [-0.39, 0.29) is 0 Å². The first-order valence-corrected chi connectivity index (χ1v) is 7.70. The first kappa shape index (κ1) is 15.8. The molecule has 1 aromatic heterocycles. The van der Waals surface area contributed by atoms with Crippen LogP contribution in [0.25, 0.3) is 0 Å². The van der Waals surface area contributed by atoms with Crippen molar-refractivity contribution < 1.29 is 19.1 Å². The van der Waals surface area contributed by atoms with Gasteiger partial charge in [-0.15, -0.1) is 0 Å². The molecule has 0 saturated carbocycles. The molecule has 6 heteroatoms. The number of ether oxygens (including phenoxy) is 2. The fourth-order valence-corrected chi connectivity index (χ4v) is 2.99. The second-order valence-electron chi connectivity index (χ2n) is 5.90. The van der Waals surface area contributed by atoms with Crippen LogP contribution in [0, 0.1) is 0 Å². The normalized spacial score (nSPS) is 17.9. The van der Waals surface area contributed by atoms with Gasteiger partial charge < -0.3 is 19.1 Å². The molecule has 0 unspecified atom stereocenters. The highest BCUT2D eigenvalue weighted by Gasteiger charge is 2.34. The minimum Gasteiger partial charge on any atom is -0.497 e. The molecule has 2 aromatic rings. The van der Waals surface area contributed by atoms with Gasteiger partial charge in [0.15, 0.2) is 0 Å². The Morgan fingerprint density at radius 1 is 1.17 bits per heavy atom. The molecule has 124 valence electrons. The molecule has 23 heavy (non-hydrogen) atoms. The maximum Gasteiger partial charge on any atom is 0.124 e. The van der Waals surface area contributed by atoms with Crippen molar-refractivity contribution in [2.24, 2.45) is 0 Å². The number of methoxy groups -OCH3 is 2. The van der Waals surface area contributed by atoms with Crippen molar-refractivity contribution in [1.29, 1.82) is 0 Å². The third kappa shape index (κ3) is 3.48. The second-order valence-corrected chi connectivity index (χ2v) is 5.90. The van der Waals surface area contributed by atoms with Gasteiger partial charge in [0.25, 0.3) is 0 Å². The van der Waals surface area contributed by atoms with Gasteiger partial charge in [-0.3, -0.25) is 4.90 Å². The van der Waals surface area contributed by atoms with Crippen LogP contribution in [0.2, 0.25) is 0 Å². The van der Waals surface area contributed by atoms with Crippen molar-refractivity contribution in [3.05, 3.63) is 41.8 Å². The smallest absolute Gasteiger partial charge is 0.124 e. The largest absolute Gasteiger partial charge is 0.497 e. The Labute approximate surface area is 135 Å². The number of piperidine rings is 1. The number of benzene rings is 1. The number of hydrogen-bond acceptors (Lipinski definition) is 6. The Kier molecular flexibility index (Phi) is 4.54. The van der Waals surface area contributed by atoms with Crippen molar-refractivity contribution in [3.63, 3.8) is 0 Å². The molecule has 0 radical (unpaired) electrons. The van der Waals surface area contributed by atoms with E-state index in [9.17, 15) is 5.11 Å². The number of likely N-dealkylation sites (tertiary alicyclic amines) is 1. The zero-order chi connectivity index (χ0) is 16.3. The molecule has 1 aliphatic heterocycles.